The van der Waals surface area contributed by atoms with Crippen molar-refractivity contribution in [2.24, 2.45) is 5.92 Å². The quantitative estimate of drug-likeness (QED) is 0.851. The number of halogens is 1. The first kappa shape index (κ1) is 13.9. The first-order valence-electron chi connectivity index (χ1n) is 6.02. The summed E-state index contributed by atoms with van der Waals surface area (Å²) in [6.07, 6.45) is 0. The summed E-state index contributed by atoms with van der Waals surface area (Å²) in [5.74, 6) is 2.62. The van der Waals surface area contributed by atoms with Crippen molar-refractivity contribution in [1.82, 2.24) is 10.1 Å². The Labute approximate surface area is 115 Å². The highest BCUT2D eigenvalue weighted by atomic mass is 32.2. The molecule has 0 atom stereocenters. The molecular formula is C13H16FN3OS. The van der Waals surface area contributed by atoms with Gasteiger partial charge in [0.1, 0.15) is 5.82 Å². The predicted octanol–water partition coefficient (Wildman–Crippen LogP) is 3.35. The molecule has 6 heteroatoms. The third kappa shape index (κ3) is 3.70. The van der Waals surface area contributed by atoms with Gasteiger partial charge in [-0.25, -0.2) is 4.39 Å². The lowest BCUT2D eigenvalue weighted by Crippen LogP contribution is -1.93. The summed E-state index contributed by atoms with van der Waals surface area (Å²) < 4.78 is 18.7. The molecule has 4 nitrogen and oxygen atoms in total. The van der Waals surface area contributed by atoms with Crippen LogP contribution < -0.4 is 5.73 Å². The largest absolute Gasteiger partial charge is 0.399 e. The lowest BCUT2D eigenvalue weighted by Gasteiger charge is -2.00. The molecule has 0 aliphatic carbocycles. The van der Waals surface area contributed by atoms with Crippen LogP contribution in [0.3, 0.4) is 0 Å². The van der Waals surface area contributed by atoms with E-state index in [1.807, 2.05) is 0 Å². The third-order valence-electron chi connectivity index (χ3n) is 2.37. The Bertz CT molecular complexity index is 557. The minimum absolute atomic E-state index is 0.171. The van der Waals surface area contributed by atoms with Crippen LogP contribution in [0.4, 0.5) is 10.1 Å². The van der Waals surface area contributed by atoms with Crippen LogP contribution in [0.25, 0.3) is 11.5 Å². The third-order valence-corrected chi connectivity index (χ3v) is 3.74. The number of hydrogen-bond donors (Lipinski definition) is 1. The molecule has 0 fully saturated rings. The maximum absolute atomic E-state index is 13.6. The zero-order chi connectivity index (χ0) is 13.8. The van der Waals surface area contributed by atoms with Gasteiger partial charge in [-0.15, -0.1) is 0 Å². The summed E-state index contributed by atoms with van der Waals surface area (Å²) in [5, 5.41) is 3.85. The van der Waals surface area contributed by atoms with Crippen molar-refractivity contribution in [1.29, 1.82) is 0 Å². The van der Waals surface area contributed by atoms with Crippen molar-refractivity contribution in [3.05, 3.63) is 29.8 Å². The molecule has 2 rings (SSSR count). The number of thioether (sulfide) groups is 1. The topological polar surface area (TPSA) is 64.9 Å². The molecule has 0 unspecified atom stereocenters. The van der Waals surface area contributed by atoms with E-state index in [9.17, 15) is 4.39 Å². The highest BCUT2D eigenvalue weighted by molar-refractivity contribution is 7.98. The van der Waals surface area contributed by atoms with E-state index in [1.54, 1.807) is 11.8 Å². The van der Waals surface area contributed by atoms with E-state index >= 15 is 0 Å². The van der Waals surface area contributed by atoms with Crippen LogP contribution in [0.15, 0.2) is 22.7 Å². The SMILES string of the molecule is CC(C)CSCc1noc(-c2cc(N)ccc2F)n1. The molecule has 2 N–H and O–H groups in total. The van der Waals surface area contributed by atoms with Gasteiger partial charge in [0, 0.05) is 5.69 Å². The first-order chi connectivity index (χ1) is 9.06. The van der Waals surface area contributed by atoms with Crippen LogP contribution in [-0.4, -0.2) is 15.9 Å². The van der Waals surface area contributed by atoms with Crippen molar-refractivity contribution in [2.75, 3.05) is 11.5 Å². The zero-order valence-corrected chi connectivity index (χ0v) is 11.7. The number of nitrogen functional groups attached to an aromatic ring is 1. The number of anilines is 1. The number of aromatic nitrogens is 2. The lowest BCUT2D eigenvalue weighted by molar-refractivity contribution is 0.423. The lowest BCUT2D eigenvalue weighted by atomic mass is 10.2. The van der Waals surface area contributed by atoms with E-state index in [1.165, 1.54) is 18.2 Å². The number of rotatable bonds is 5. The average Bonchev–Trinajstić information content (AvgIpc) is 2.80. The van der Waals surface area contributed by atoms with Crippen LogP contribution in [-0.2, 0) is 5.75 Å². The van der Waals surface area contributed by atoms with Crippen LogP contribution >= 0.6 is 11.8 Å². The van der Waals surface area contributed by atoms with Gasteiger partial charge in [-0.2, -0.15) is 16.7 Å². The fraction of sp³-hybridized carbons (Fsp3) is 0.385. The summed E-state index contributed by atoms with van der Waals surface area (Å²) in [4.78, 5) is 4.19. The molecule has 0 radical (unpaired) electrons. The van der Waals surface area contributed by atoms with Gasteiger partial charge in [0.25, 0.3) is 5.89 Å². The van der Waals surface area contributed by atoms with E-state index in [2.05, 4.69) is 24.0 Å². The molecule has 19 heavy (non-hydrogen) atoms. The monoisotopic (exact) mass is 281 g/mol. The average molecular weight is 281 g/mol. The van der Waals surface area contributed by atoms with Crippen molar-refractivity contribution < 1.29 is 8.91 Å². The Kier molecular flexibility index (Phi) is 4.42. The normalized spacial score (nSPS) is 11.2. The van der Waals surface area contributed by atoms with Gasteiger partial charge in [-0.3, -0.25) is 0 Å². The number of benzene rings is 1. The highest BCUT2D eigenvalue weighted by Gasteiger charge is 2.13. The van der Waals surface area contributed by atoms with Gasteiger partial charge in [0.15, 0.2) is 5.82 Å². The summed E-state index contributed by atoms with van der Waals surface area (Å²) in [6, 6.07) is 4.28. The van der Waals surface area contributed by atoms with Crippen molar-refractivity contribution in [2.45, 2.75) is 19.6 Å². The minimum atomic E-state index is -0.417. The highest BCUT2D eigenvalue weighted by Crippen LogP contribution is 2.24. The maximum atomic E-state index is 13.6. The maximum Gasteiger partial charge on any atom is 0.261 e. The van der Waals surface area contributed by atoms with Gasteiger partial charge in [-0.1, -0.05) is 19.0 Å². The molecule has 102 valence electrons. The molecule has 0 amide bonds. The molecule has 0 aliphatic rings. The van der Waals surface area contributed by atoms with Crippen LogP contribution in [0.5, 0.6) is 0 Å². The molecule has 2 aromatic rings. The van der Waals surface area contributed by atoms with Crippen LogP contribution in [0.2, 0.25) is 0 Å². The van der Waals surface area contributed by atoms with E-state index in [0.717, 1.165) is 5.75 Å². The Morgan fingerprint density at radius 1 is 1.42 bits per heavy atom. The second-order valence-corrected chi connectivity index (χ2v) is 5.69. The second-order valence-electron chi connectivity index (χ2n) is 4.66. The van der Waals surface area contributed by atoms with E-state index in [0.29, 0.717) is 23.2 Å². The van der Waals surface area contributed by atoms with E-state index in [-0.39, 0.29) is 11.5 Å². The van der Waals surface area contributed by atoms with Gasteiger partial charge in [0.05, 0.1) is 11.3 Å². The van der Waals surface area contributed by atoms with Gasteiger partial charge in [0.2, 0.25) is 0 Å². The summed E-state index contributed by atoms with van der Waals surface area (Å²) in [7, 11) is 0. The second kappa shape index (κ2) is 6.06. The van der Waals surface area contributed by atoms with Crippen molar-refractivity contribution in [3.63, 3.8) is 0 Å². The number of nitrogens with zero attached hydrogens (tertiary/aromatic N) is 2. The van der Waals surface area contributed by atoms with Gasteiger partial charge in [-0.05, 0) is 29.9 Å². The zero-order valence-electron chi connectivity index (χ0n) is 10.9. The molecule has 1 aromatic heterocycles. The molecule has 0 spiro atoms. The standard InChI is InChI=1S/C13H16FN3OS/c1-8(2)6-19-7-12-16-13(18-17-12)10-5-9(15)3-4-11(10)14/h3-5,8H,6-7,15H2,1-2H3. The first-order valence-corrected chi connectivity index (χ1v) is 7.17. The van der Waals surface area contributed by atoms with Gasteiger partial charge >= 0.3 is 0 Å². The smallest absolute Gasteiger partial charge is 0.261 e. The fourth-order valence-corrected chi connectivity index (χ4v) is 2.40. The fourth-order valence-electron chi connectivity index (χ4n) is 1.51. The van der Waals surface area contributed by atoms with Gasteiger partial charge < -0.3 is 10.3 Å². The molecule has 0 aliphatic heterocycles. The Balaban J connectivity index is 2.10. The molecule has 0 saturated heterocycles. The molecular weight excluding hydrogens is 265 g/mol. The van der Waals surface area contributed by atoms with E-state index in [4.69, 9.17) is 10.3 Å². The van der Waals surface area contributed by atoms with Crippen molar-refractivity contribution in [3.8, 4) is 11.5 Å². The number of hydrogen-bond acceptors (Lipinski definition) is 5. The van der Waals surface area contributed by atoms with Crippen LogP contribution in [0.1, 0.15) is 19.7 Å². The predicted molar refractivity (Wildman–Crippen MR) is 75.1 cm³/mol. The van der Waals surface area contributed by atoms with E-state index < -0.39 is 5.82 Å². The molecule has 1 heterocycles. The molecule has 1 aromatic carbocycles. The Hall–Kier alpha value is -1.56. The van der Waals surface area contributed by atoms with Crippen LogP contribution in [0, 0.1) is 11.7 Å². The minimum Gasteiger partial charge on any atom is -0.399 e. The number of nitrogens with two attached hydrogens (primary N) is 1. The Morgan fingerprint density at radius 3 is 2.95 bits per heavy atom. The Morgan fingerprint density at radius 2 is 2.21 bits per heavy atom. The summed E-state index contributed by atoms with van der Waals surface area (Å²) in [6.45, 7) is 4.30. The van der Waals surface area contributed by atoms with Crippen molar-refractivity contribution >= 4 is 17.4 Å². The summed E-state index contributed by atoms with van der Waals surface area (Å²) >= 11 is 1.73. The molecule has 0 saturated carbocycles. The molecule has 0 bridgehead atoms. The summed E-state index contributed by atoms with van der Waals surface area (Å²) in [5.41, 5.74) is 6.33.